The Morgan fingerprint density at radius 2 is 2.19 bits per heavy atom. The summed E-state index contributed by atoms with van der Waals surface area (Å²) in [6, 6.07) is 7.19. The second-order valence-electron chi connectivity index (χ2n) is 8.36. The fourth-order valence-electron chi connectivity index (χ4n) is 5.29. The summed E-state index contributed by atoms with van der Waals surface area (Å²) in [6.45, 7) is 4.55. The SMILES string of the molecule is CCOc1ncccc1C(=O)N1C[C@H]2O[C@]3(C1)CN(c1ccc(Cl)cn1)C[C@@H]3[C@@H]2CO. The molecule has 3 aliphatic heterocycles. The predicted molar refractivity (Wildman–Crippen MR) is 114 cm³/mol. The maximum absolute atomic E-state index is 13.4. The van der Waals surface area contributed by atoms with Crippen molar-refractivity contribution >= 4 is 23.3 Å². The van der Waals surface area contributed by atoms with E-state index in [2.05, 4.69) is 14.9 Å². The number of ether oxygens (including phenoxy) is 2. The van der Waals surface area contributed by atoms with Crippen molar-refractivity contribution in [1.29, 1.82) is 0 Å². The van der Waals surface area contributed by atoms with Gasteiger partial charge in [0.15, 0.2) is 0 Å². The Hall–Kier alpha value is -2.42. The lowest BCUT2D eigenvalue weighted by Gasteiger charge is -2.40. The Bertz CT molecular complexity index is 974. The number of aliphatic hydroxyl groups excluding tert-OH is 1. The van der Waals surface area contributed by atoms with Gasteiger partial charge >= 0.3 is 0 Å². The number of aliphatic hydroxyl groups is 1. The number of hydrogen-bond acceptors (Lipinski definition) is 7. The minimum absolute atomic E-state index is 0.0259. The Morgan fingerprint density at radius 1 is 1.32 bits per heavy atom. The van der Waals surface area contributed by atoms with Crippen LogP contribution < -0.4 is 9.64 Å². The topological polar surface area (TPSA) is 88.0 Å². The maximum Gasteiger partial charge on any atom is 0.259 e. The van der Waals surface area contributed by atoms with Crippen molar-refractivity contribution in [3.63, 3.8) is 0 Å². The van der Waals surface area contributed by atoms with Crippen LogP contribution in [-0.2, 0) is 4.74 Å². The molecule has 2 aromatic rings. The number of fused-ring (bicyclic) bond motifs is 1. The summed E-state index contributed by atoms with van der Waals surface area (Å²) in [5.74, 6) is 1.12. The maximum atomic E-state index is 13.4. The van der Waals surface area contributed by atoms with Crippen LogP contribution in [0.1, 0.15) is 17.3 Å². The van der Waals surface area contributed by atoms with E-state index < -0.39 is 5.60 Å². The third-order valence-corrected chi connectivity index (χ3v) is 6.83. The van der Waals surface area contributed by atoms with Gasteiger partial charge in [0.25, 0.3) is 5.91 Å². The fourth-order valence-corrected chi connectivity index (χ4v) is 5.41. The lowest BCUT2D eigenvalue weighted by atomic mass is 9.83. The number of rotatable bonds is 5. The first-order valence-corrected chi connectivity index (χ1v) is 10.9. The molecule has 0 radical (unpaired) electrons. The van der Waals surface area contributed by atoms with Gasteiger partial charge in [0.1, 0.15) is 17.0 Å². The van der Waals surface area contributed by atoms with Crippen molar-refractivity contribution in [2.24, 2.45) is 11.8 Å². The average molecular weight is 445 g/mol. The Balaban J connectivity index is 1.43. The van der Waals surface area contributed by atoms with Crippen molar-refractivity contribution in [3.05, 3.63) is 47.2 Å². The number of hydrogen-bond donors (Lipinski definition) is 1. The lowest BCUT2D eigenvalue weighted by Crippen LogP contribution is -2.55. The molecule has 1 spiro atoms. The fraction of sp³-hybridized carbons (Fsp3) is 0.500. The Kier molecular flexibility index (Phi) is 5.24. The van der Waals surface area contributed by atoms with Crippen LogP contribution in [0.5, 0.6) is 5.88 Å². The number of likely N-dealkylation sites (tertiary alicyclic amines) is 1. The first-order valence-electron chi connectivity index (χ1n) is 10.6. The van der Waals surface area contributed by atoms with Gasteiger partial charge in [-0.25, -0.2) is 9.97 Å². The summed E-state index contributed by atoms with van der Waals surface area (Å²) in [6.07, 6.45) is 3.06. The van der Waals surface area contributed by atoms with Crippen molar-refractivity contribution in [3.8, 4) is 5.88 Å². The lowest BCUT2D eigenvalue weighted by molar-refractivity contribution is -0.100. The van der Waals surface area contributed by atoms with Gasteiger partial charge in [-0.3, -0.25) is 4.79 Å². The monoisotopic (exact) mass is 444 g/mol. The highest BCUT2D eigenvalue weighted by atomic mass is 35.5. The molecule has 5 heterocycles. The van der Waals surface area contributed by atoms with Crippen LogP contribution in [0.3, 0.4) is 0 Å². The molecule has 0 aliphatic carbocycles. The number of aromatic nitrogens is 2. The van der Waals surface area contributed by atoms with Gasteiger partial charge < -0.3 is 24.4 Å². The molecular formula is C22H25ClN4O4. The number of pyridine rings is 2. The number of anilines is 1. The molecule has 3 fully saturated rings. The van der Waals surface area contributed by atoms with Crippen LogP contribution in [0.15, 0.2) is 36.7 Å². The van der Waals surface area contributed by atoms with Gasteiger partial charge in [0.05, 0.1) is 30.8 Å². The zero-order valence-electron chi connectivity index (χ0n) is 17.3. The smallest absolute Gasteiger partial charge is 0.259 e. The predicted octanol–water partition coefficient (Wildman–Crippen LogP) is 1.87. The van der Waals surface area contributed by atoms with Gasteiger partial charge in [-0.2, -0.15) is 0 Å². The van der Waals surface area contributed by atoms with E-state index >= 15 is 0 Å². The first kappa shape index (κ1) is 20.5. The summed E-state index contributed by atoms with van der Waals surface area (Å²) < 4.78 is 12.1. The number of amides is 1. The number of carbonyl (C=O) groups excluding carboxylic acids is 1. The van der Waals surface area contributed by atoms with Gasteiger partial charge in [0, 0.05) is 43.9 Å². The molecule has 2 bridgehead atoms. The van der Waals surface area contributed by atoms with E-state index in [-0.39, 0.29) is 30.5 Å². The molecule has 31 heavy (non-hydrogen) atoms. The second kappa shape index (κ2) is 7.93. The van der Waals surface area contributed by atoms with Crippen LogP contribution in [0.2, 0.25) is 5.02 Å². The molecule has 1 N–H and O–H groups in total. The summed E-state index contributed by atoms with van der Waals surface area (Å²) in [4.78, 5) is 26.1. The molecule has 9 heteroatoms. The van der Waals surface area contributed by atoms with E-state index in [0.29, 0.717) is 42.7 Å². The van der Waals surface area contributed by atoms with Gasteiger partial charge in [-0.05, 0) is 31.2 Å². The molecule has 0 saturated carbocycles. The van der Waals surface area contributed by atoms with Crippen LogP contribution >= 0.6 is 11.6 Å². The summed E-state index contributed by atoms with van der Waals surface area (Å²) in [5.41, 5.74) is -0.0882. The summed E-state index contributed by atoms with van der Waals surface area (Å²) in [5, 5.41) is 10.7. The molecule has 4 atom stereocenters. The molecule has 164 valence electrons. The molecule has 8 nitrogen and oxygen atoms in total. The zero-order valence-corrected chi connectivity index (χ0v) is 18.0. The quantitative estimate of drug-likeness (QED) is 0.753. The number of halogens is 1. The number of nitrogens with zero attached hydrogens (tertiary/aromatic N) is 4. The van der Waals surface area contributed by atoms with Crippen LogP contribution in [-0.4, -0.2) is 77.0 Å². The van der Waals surface area contributed by atoms with E-state index in [4.69, 9.17) is 21.1 Å². The minimum atomic E-state index is -0.540. The van der Waals surface area contributed by atoms with Crippen LogP contribution in [0.25, 0.3) is 0 Å². The third kappa shape index (κ3) is 3.43. The largest absolute Gasteiger partial charge is 0.477 e. The van der Waals surface area contributed by atoms with Crippen molar-refractivity contribution in [2.45, 2.75) is 18.6 Å². The Labute approximate surface area is 185 Å². The summed E-state index contributed by atoms with van der Waals surface area (Å²) in [7, 11) is 0. The van der Waals surface area contributed by atoms with Crippen molar-refractivity contribution in [2.75, 3.05) is 44.3 Å². The molecule has 3 saturated heterocycles. The minimum Gasteiger partial charge on any atom is -0.477 e. The van der Waals surface area contributed by atoms with E-state index in [1.54, 1.807) is 24.5 Å². The molecular weight excluding hydrogens is 420 g/mol. The number of morpholine rings is 1. The highest BCUT2D eigenvalue weighted by molar-refractivity contribution is 6.30. The highest BCUT2D eigenvalue weighted by Crippen LogP contribution is 2.50. The van der Waals surface area contributed by atoms with E-state index in [9.17, 15) is 9.90 Å². The number of carbonyl (C=O) groups is 1. The molecule has 3 aliphatic rings. The van der Waals surface area contributed by atoms with Crippen molar-refractivity contribution < 1.29 is 19.4 Å². The molecule has 0 aromatic carbocycles. The zero-order chi connectivity index (χ0) is 21.6. The molecule has 1 amide bonds. The van der Waals surface area contributed by atoms with Gasteiger partial charge in [0.2, 0.25) is 5.88 Å². The first-order chi connectivity index (χ1) is 15.0. The highest BCUT2D eigenvalue weighted by Gasteiger charge is 2.63. The molecule has 5 rings (SSSR count). The van der Waals surface area contributed by atoms with E-state index in [1.165, 1.54) is 0 Å². The third-order valence-electron chi connectivity index (χ3n) is 6.61. The normalized spacial score (nSPS) is 29.2. The van der Waals surface area contributed by atoms with E-state index in [1.807, 2.05) is 24.0 Å². The molecule has 2 aromatic heterocycles. The van der Waals surface area contributed by atoms with Gasteiger partial charge in [-0.1, -0.05) is 11.6 Å². The van der Waals surface area contributed by atoms with Gasteiger partial charge in [-0.15, -0.1) is 0 Å². The van der Waals surface area contributed by atoms with Crippen molar-refractivity contribution in [1.82, 2.24) is 14.9 Å². The molecule has 0 unspecified atom stereocenters. The summed E-state index contributed by atoms with van der Waals surface area (Å²) >= 11 is 5.99. The standard InChI is InChI=1S/C22H25ClN4O4/c1-2-30-20-15(4-3-7-24-20)21(29)27-10-18-16(11-28)17-9-26(12-22(17,13-27)31-18)19-6-5-14(23)8-25-19/h3-8,16-18,28H,2,9-13H2,1H3/t16-,17+,18+,22-/m0/s1. The van der Waals surface area contributed by atoms with Crippen LogP contribution in [0, 0.1) is 11.8 Å². The van der Waals surface area contributed by atoms with E-state index in [0.717, 1.165) is 12.4 Å². The second-order valence-corrected chi connectivity index (χ2v) is 8.80. The van der Waals surface area contributed by atoms with Crippen LogP contribution in [0.4, 0.5) is 5.82 Å². The average Bonchev–Trinajstić information content (AvgIpc) is 3.21. The Morgan fingerprint density at radius 3 is 2.94 bits per heavy atom.